The Morgan fingerprint density at radius 1 is 1.24 bits per heavy atom. The van der Waals surface area contributed by atoms with Crippen molar-refractivity contribution in [3.63, 3.8) is 0 Å². The molecule has 3 aromatic rings. The number of hydrogen-bond acceptors (Lipinski definition) is 6. The molecule has 10 heteroatoms. The average Bonchev–Trinajstić information content (AvgIpc) is 3.22. The van der Waals surface area contributed by atoms with Crippen LogP contribution in [0.2, 0.25) is 0 Å². The molecule has 2 heterocycles. The van der Waals surface area contributed by atoms with E-state index in [1.807, 2.05) is 43.3 Å². The number of nitriles is 1. The summed E-state index contributed by atoms with van der Waals surface area (Å²) in [5, 5.41) is 20.0. The Morgan fingerprint density at radius 3 is 2.59 bits per heavy atom. The summed E-state index contributed by atoms with van der Waals surface area (Å²) in [6, 6.07) is 16.5. The number of anilines is 3. The van der Waals surface area contributed by atoms with Crippen LogP contribution < -0.4 is 21.1 Å². The first-order valence-electron chi connectivity index (χ1n) is 10.6. The molecule has 0 bridgehead atoms. The van der Waals surface area contributed by atoms with Crippen LogP contribution in [-0.2, 0) is 5.54 Å². The van der Waals surface area contributed by atoms with E-state index in [9.17, 15) is 14.9 Å². The predicted molar refractivity (Wildman–Crippen MR) is 127 cm³/mol. The van der Waals surface area contributed by atoms with Crippen LogP contribution in [0.3, 0.4) is 0 Å². The van der Waals surface area contributed by atoms with Crippen molar-refractivity contribution in [3.8, 4) is 11.8 Å². The molecule has 0 aliphatic carbocycles. The summed E-state index contributed by atoms with van der Waals surface area (Å²) in [4.78, 5) is 26.5. The van der Waals surface area contributed by atoms with Crippen LogP contribution in [0.4, 0.5) is 22.0 Å². The lowest BCUT2D eigenvalue weighted by atomic mass is 9.87. The van der Waals surface area contributed by atoms with E-state index in [4.69, 9.17) is 10.5 Å². The van der Waals surface area contributed by atoms with E-state index < -0.39 is 11.4 Å². The summed E-state index contributed by atoms with van der Waals surface area (Å²) >= 11 is 0. The minimum atomic E-state index is -0.762. The number of aromatic nitrogens is 2. The maximum Gasteiger partial charge on any atom is 0.322 e. The smallest absolute Gasteiger partial charge is 0.322 e. The summed E-state index contributed by atoms with van der Waals surface area (Å²) < 4.78 is 6.78. The monoisotopic (exact) mass is 459 g/mol. The number of nitrogens with zero attached hydrogens (tertiary/aromatic N) is 4. The highest BCUT2D eigenvalue weighted by molar-refractivity contribution is 5.98. The molecule has 0 radical (unpaired) electrons. The van der Waals surface area contributed by atoms with E-state index in [2.05, 4.69) is 21.8 Å². The summed E-state index contributed by atoms with van der Waals surface area (Å²) in [5.41, 5.74) is 7.30. The number of rotatable bonds is 7. The van der Waals surface area contributed by atoms with Crippen LogP contribution in [-0.4, -0.2) is 46.8 Å². The van der Waals surface area contributed by atoms with Crippen molar-refractivity contribution in [2.75, 3.05) is 30.8 Å². The lowest BCUT2D eigenvalue weighted by molar-refractivity contribution is 0.0401. The van der Waals surface area contributed by atoms with E-state index in [0.29, 0.717) is 17.3 Å². The molecule has 0 saturated carbocycles. The Balaban J connectivity index is 1.53. The second kappa shape index (κ2) is 9.15. The van der Waals surface area contributed by atoms with Gasteiger partial charge in [-0.15, -0.1) is 0 Å². The lowest BCUT2D eigenvalue weighted by Gasteiger charge is -2.48. The number of para-hydroxylation sites is 1. The third-order valence-electron chi connectivity index (χ3n) is 5.84. The molecule has 10 nitrogen and oxygen atoms in total. The molecule has 1 fully saturated rings. The number of methoxy groups -OCH3 is 1. The minimum absolute atomic E-state index is 0.114. The highest BCUT2D eigenvalue weighted by atomic mass is 16.5. The van der Waals surface area contributed by atoms with Crippen LogP contribution in [0.15, 0.2) is 54.7 Å². The van der Waals surface area contributed by atoms with Gasteiger partial charge in [0, 0.05) is 17.6 Å². The number of carbonyl (C=O) groups is 2. The van der Waals surface area contributed by atoms with Gasteiger partial charge in [0.1, 0.15) is 16.9 Å². The van der Waals surface area contributed by atoms with Gasteiger partial charge in [0.05, 0.1) is 32.7 Å². The Labute approximate surface area is 196 Å². The molecule has 4 rings (SSSR count). The largest absolute Gasteiger partial charge is 0.497 e. The van der Waals surface area contributed by atoms with Gasteiger partial charge in [0.15, 0.2) is 5.82 Å². The zero-order valence-corrected chi connectivity index (χ0v) is 18.9. The van der Waals surface area contributed by atoms with Crippen molar-refractivity contribution in [2.24, 2.45) is 5.73 Å². The van der Waals surface area contributed by atoms with Crippen molar-refractivity contribution in [1.29, 1.82) is 5.26 Å². The Morgan fingerprint density at radius 2 is 1.97 bits per heavy atom. The predicted octanol–water partition coefficient (Wildman–Crippen LogP) is 3.20. The van der Waals surface area contributed by atoms with Crippen LogP contribution in [0, 0.1) is 18.3 Å². The van der Waals surface area contributed by atoms with Crippen molar-refractivity contribution in [1.82, 2.24) is 14.7 Å². The van der Waals surface area contributed by atoms with E-state index in [0.717, 1.165) is 11.3 Å². The summed E-state index contributed by atoms with van der Waals surface area (Å²) in [5.74, 6) is 0.366. The Hall–Kier alpha value is -4.52. The standard InChI is InChI=1S/C24H25N7O3/c1-16-12-18(34-2)8-9-20(16)28-23(33)30-14-24(15-30,10-11-25)31-13-19(21(26)32)22(29-31)27-17-6-4-3-5-7-17/h3-9,12-13H,10,14-15H2,1-2H3,(H2,26,32)(H,27,29)(H,28,33). The van der Waals surface area contributed by atoms with Gasteiger partial charge in [-0.3, -0.25) is 9.48 Å². The third-order valence-corrected chi connectivity index (χ3v) is 5.84. The first kappa shape index (κ1) is 22.7. The highest BCUT2D eigenvalue weighted by Gasteiger charge is 2.48. The third kappa shape index (κ3) is 4.36. The van der Waals surface area contributed by atoms with Gasteiger partial charge in [-0.2, -0.15) is 10.4 Å². The first-order valence-corrected chi connectivity index (χ1v) is 10.6. The number of urea groups is 1. The average molecular weight is 460 g/mol. The number of ether oxygens (including phenoxy) is 1. The molecule has 2 aromatic carbocycles. The second-order valence-electron chi connectivity index (χ2n) is 8.22. The number of aryl methyl sites for hydroxylation is 1. The van der Waals surface area contributed by atoms with Gasteiger partial charge >= 0.3 is 6.03 Å². The van der Waals surface area contributed by atoms with Gasteiger partial charge in [-0.05, 0) is 42.8 Å². The van der Waals surface area contributed by atoms with Crippen molar-refractivity contribution in [3.05, 3.63) is 65.9 Å². The van der Waals surface area contributed by atoms with Gasteiger partial charge < -0.3 is 26.0 Å². The second-order valence-corrected chi connectivity index (χ2v) is 8.22. The summed E-state index contributed by atoms with van der Waals surface area (Å²) in [6.45, 7) is 2.39. The number of hydrogen-bond donors (Lipinski definition) is 3. The van der Waals surface area contributed by atoms with Crippen molar-refractivity contribution in [2.45, 2.75) is 18.9 Å². The van der Waals surface area contributed by atoms with Gasteiger partial charge in [-0.25, -0.2) is 4.79 Å². The van der Waals surface area contributed by atoms with E-state index >= 15 is 0 Å². The topological polar surface area (TPSA) is 138 Å². The first-order chi connectivity index (χ1) is 16.3. The van der Waals surface area contributed by atoms with Gasteiger partial charge in [0.2, 0.25) is 0 Å². The van der Waals surface area contributed by atoms with Gasteiger partial charge in [-0.1, -0.05) is 18.2 Å². The minimum Gasteiger partial charge on any atom is -0.497 e. The molecule has 1 aliphatic rings. The molecule has 0 atom stereocenters. The maximum absolute atomic E-state index is 12.8. The molecule has 0 unspecified atom stereocenters. The number of nitrogens with one attached hydrogen (secondary N) is 2. The Kier molecular flexibility index (Phi) is 6.10. The Bertz CT molecular complexity index is 1260. The molecule has 1 aliphatic heterocycles. The zero-order valence-electron chi connectivity index (χ0n) is 18.9. The fourth-order valence-corrected chi connectivity index (χ4v) is 3.94. The number of benzene rings is 2. The lowest BCUT2D eigenvalue weighted by Crippen LogP contribution is -2.65. The molecule has 3 amide bonds. The maximum atomic E-state index is 12.8. The number of amides is 3. The SMILES string of the molecule is COc1ccc(NC(=O)N2CC(CC#N)(n3cc(C(N)=O)c(Nc4ccccc4)n3)C2)c(C)c1. The summed E-state index contributed by atoms with van der Waals surface area (Å²) in [7, 11) is 1.58. The van der Waals surface area contributed by atoms with E-state index in [1.54, 1.807) is 28.8 Å². The normalized spacial score (nSPS) is 14.0. The van der Waals surface area contributed by atoms with Gasteiger partial charge in [0.25, 0.3) is 5.91 Å². The van der Waals surface area contributed by atoms with E-state index in [1.165, 1.54) is 6.20 Å². The highest BCUT2D eigenvalue weighted by Crippen LogP contribution is 2.35. The van der Waals surface area contributed by atoms with Crippen LogP contribution in [0.5, 0.6) is 5.75 Å². The number of likely N-dealkylation sites (tertiary alicyclic amines) is 1. The zero-order chi connectivity index (χ0) is 24.3. The molecule has 1 aromatic heterocycles. The van der Waals surface area contributed by atoms with Crippen molar-refractivity contribution >= 4 is 29.1 Å². The number of nitrogens with two attached hydrogens (primary N) is 1. The quantitative estimate of drug-likeness (QED) is 0.496. The molecule has 1 saturated heterocycles. The molecule has 34 heavy (non-hydrogen) atoms. The van der Waals surface area contributed by atoms with Crippen molar-refractivity contribution < 1.29 is 14.3 Å². The molecule has 0 spiro atoms. The summed E-state index contributed by atoms with van der Waals surface area (Å²) in [6.07, 6.45) is 1.65. The van der Waals surface area contributed by atoms with Crippen LogP contribution >= 0.6 is 0 Å². The molecule has 174 valence electrons. The number of carbonyl (C=O) groups excluding carboxylic acids is 2. The fourth-order valence-electron chi connectivity index (χ4n) is 3.94. The number of primary amides is 1. The molecule has 4 N–H and O–H groups in total. The fraction of sp³-hybridized carbons (Fsp3) is 0.250. The molecular weight excluding hydrogens is 434 g/mol. The molecular formula is C24H25N7O3. The van der Waals surface area contributed by atoms with Crippen LogP contribution in [0.1, 0.15) is 22.3 Å². The van der Waals surface area contributed by atoms with E-state index in [-0.39, 0.29) is 31.1 Å². The van der Waals surface area contributed by atoms with Crippen LogP contribution in [0.25, 0.3) is 0 Å².